The zero-order valence-electron chi connectivity index (χ0n) is 9.69. The van der Waals surface area contributed by atoms with E-state index in [0.717, 1.165) is 11.6 Å². The fraction of sp³-hybridized carbons (Fsp3) is 0.750. The molecule has 1 aliphatic carbocycles. The maximum atomic E-state index is 6.25. The molecule has 15 heavy (non-hydrogen) atoms. The van der Waals surface area contributed by atoms with Crippen LogP contribution < -0.4 is 5.73 Å². The predicted molar refractivity (Wildman–Crippen MR) is 61.3 cm³/mol. The van der Waals surface area contributed by atoms with Gasteiger partial charge in [-0.3, -0.25) is 4.68 Å². The molecule has 3 heteroatoms. The van der Waals surface area contributed by atoms with Gasteiger partial charge in [0.05, 0.1) is 11.7 Å². The Hall–Kier alpha value is -0.830. The van der Waals surface area contributed by atoms with E-state index >= 15 is 0 Å². The molecule has 3 nitrogen and oxygen atoms in total. The zero-order chi connectivity index (χ0) is 10.8. The summed E-state index contributed by atoms with van der Waals surface area (Å²) in [6.07, 6.45) is 7.15. The lowest BCUT2D eigenvalue weighted by Gasteiger charge is -2.29. The van der Waals surface area contributed by atoms with Gasteiger partial charge in [0.1, 0.15) is 0 Å². The van der Waals surface area contributed by atoms with E-state index < -0.39 is 0 Å². The van der Waals surface area contributed by atoms with E-state index in [1.54, 1.807) is 0 Å². The Kier molecular flexibility index (Phi) is 3.10. The summed E-state index contributed by atoms with van der Waals surface area (Å²) in [5.74, 6) is 1.52. The Labute approximate surface area is 91.7 Å². The van der Waals surface area contributed by atoms with Crippen molar-refractivity contribution in [3.8, 4) is 0 Å². The Morgan fingerprint density at radius 2 is 2.07 bits per heavy atom. The highest BCUT2D eigenvalue weighted by Crippen LogP contribution is 2.34. The lowest BCUT2D eigenvalue weighted by molar-refractivity contribution is 0.253. The molecule has 1 atom stereocenters. The van der Waals surface area contributed by atoms with E-state index in [9.17, 15) is 0 Å². The van der Waals surface area contributed by atoms with Crippen LogP contribution in [0.5, 0.6) is 0 Å². The standard InChI is InChI=1S/C12H21N3/c1-9-3-5-10(6-4-9)12(13)11-7-8-15(2)14-11/h7-10,12H,3-6,13H2,1-2H3. The minimum atomic E-state index is 0.138. The number of hydrogen-bond donors (Lipinski definition) is 1. The van der Waals surface area contributed by atoms with Gasteiger partial charge in [-0.1, -0.05) is 19.8 Å². The van der Waals surface area contributed by atoms with Crippen molar-refractivity contribution in [2.45, 2.75) is 38.6 Å². The second kappa shape index (κ2) is 4.35. The van der Waals surface area contributed by atoms with E-state index in [0.29, 0.717) is 5.92 Å². The van der Waals surface area contributed by atoms with Crippen molar-refractivity contribution in [3.63, 3.8) is 0 Å². The van der Waals surface area contributed by atoms with Crippen molar-refractivity contribution in [1.29, 1.82) is 0 Å². The Morgan fingerprint density at radius 1 is 1.40 bits per heavy atom. The van der Waals surface area contributed by atoms with Gasteiger partial charge in [0, 0.05) is 13.2 Å². The van der Waals surface area contributed by atoms with Gasteiger partial charge in [-0.05, 0) is 30.7 Å². The van der Waals surface area contributed by atoms with Crippen LogP contribution in [0.1, 0.15) is 44.3 Å². The average Bonchev–Trinajstić information content (AvgIpc) is 2.65. The zero-order valence-corrected chi connectivity index (χ0v) is 9.69. The lowest BCUT2D eigenvalue weighted by atomic mass is 9.79. The van der Waals surface area contributed by atoms with Gasteiger partial charge in [0.25, 0.3) is 0 Å². The van der Waals surface area contributed by atoms with Crippen molar-refractivity contribution in [2.75, 3.05) is 0 Å². The third-order valence-electron chi connectivity index (χ3n) is 3.64. The quantitative estimate of drug-likeness (QED) is 0.808. The van der Waals surface area contributed by atoms with Crippen molar-refractivity contribution >= 4 is 0 Å². The molecule has 2 N–H and O–H groups in total. The van der Waals surface area contributed by atoms with E-state index in [2.05, 4.69) is 12.0 Å². The Bertz CT molecular complexity index is 310. The molecule has 0 aromatic carbocycles. The van der Waals surface area contributed by atoms with Gasteiger partial charge < -0.3 is 5.73 Å². The van der Waals surface area contributed by atoms with E-state index in [4.69, 9.17) is 5.73 Å². The molecule has 0 radical (unpaired) electrons. The molecule has 0 amide bonds. The van der Waals surface area contributed by atoms with E-state index in [-0.39, 0.29) is 6.04 Å². The van der Waals surface area contributed by atoms with Gasteiger partial charge in [0.15, 0.2) is 0 Å². The summed E-state index contributed by atoms with van der Waals surface area (Å²) < 4.78 is 1.83. The Balaban J connectivity index is 1.99. The summed E-state index contributed by atoms with van der Waals surface area (Å²) in [6.45, 7) is 2.34. The molecule has 1 saturated carbocycles. The van der Waals surface area contributed by atoms with Gasteiger partial charge >= 0.3 is 0 Å². The first-order chi connectivity index (χ1) is 7.16. The molecule has 2 rings (SSSR count). The third-order valence-corrected chi connectivity index (χ3v) is 3.64. The maximum absolute atomic E-state index is 6.25. The highest BCUT2D eigenvalue weighted by molar-refractivity contribution is 5.06. The smallest absolute Gasteiger partial charge is 0.0794 e. The normalized spacial score (nSPS) is 29.0. The van der Waals surface area contributed by atoms with Crippen LogP contribution in [0.25, 0.3) is 0 Å². The fourth-order valence-corrected chi connectivity index (χ4v) is 2.50. The van der Waals surface area contributed by atoms with Crippen molar-refractivity contribution in [1.82, 2.24) is 9.78 Å². The topological polar surface area (TPSA) is 43.8 Å². The molecule has 1 unspecified atom stereocenters. The monoisotopic (exact) mass is 207 g/mol. The predicted octanol–water partition coefficient (Wildman–Crippen LogP) is 2.25. The number of nitrogens with two attached hydrogens (primary N) is 1. The van der Waals surface area contributed by atoms with Crippen LogP contribution in [0, 0.1) is 11.8 Å². The van der Waals surface area contributed by atoms with Crippen LogP contribution >= 0.6 is 0 Å². The molecule has 1 aromatic rings. The summed E-state index contributed by atoms with van der Waals surface area (Å²) in [6, 6.07) is 2.18. The molecule has 1 aromatic heterocycles. The van der Waals surface area contributed by atoms with Gasteiger partial charge in [-0.2, -0.15) is 5.10 Å². The molecule has 84 valence electrons. The van der Waals surface area contributed by atoms with Gasteiger partial charge in [0.2, 0.25) is 0 Å². The van der Waals surface area contributed by atoms with Gasteiger partial charge in [-0.15, -0.1) is 0 Å². The molecule has 0 saturated heterocycles. The largest absolute Gasteiger partial charge is 0.322 e. The molecule has 1 fully saturated rings. The molecule has 0 bridgehead atoms. The van der Waals surface area contributed by atoms with Crippen LogP contribution in [0.2, 0.25) is 0 Å². The number of nitrogens with zero attached hydrogens (tertiary/aromatic N) is 2. The second-order valence-corrected chi connectivity index (χ2v) is 4.96. The lowest BCUT2D eigenvalue weighted by Crippen LogP contribution is -2.25. The van der Waals surface area contributed by atoms with Crippen LogP contribution in [0.15, 0.2) is 12.3 Å². The Morgan fingerprint density at radius 3 is 2.60 bits per heavy atom. The fourth-order valence-electron chi connectivity index (χ4n) is 2.50. The molecule has 0 spiro atoms. The highest BCUT2D eigenvalue weighted by atomic mass is 15.3. The van der Waals surface area contributed by atoms with Crippen LogP contribution in [-0.4, -0.2) is 9.78 Å². The first kappa shape index (κ1) is 10.7. The third kappa shape index (κ3) is 2.40. The molecule has 1 aliphatic rings. The van der Waals surface area contributed by atoms with Crippen LogP contribution in [0.4, 0.5) is 0 Å². The molecule has 1 heterocycles. The average molecular weight is 207 g/mol. The summed E-state index contributed by atoms with van der Waals surface area (Å²) in [5, 5.41) is 4.40. The van der Waals surface area contributed by atoms with Crippen molar-refractivity contribution in [3.05, 3.63) is 18.0 Å². The minimum Gasteiger partial charge on any atom is -0.322 e. The molecule has 0 aliphatic heterocycles. The van der Waals surface area contributed by atoms with Gasteiger partial charge in [-0.25, -0.2) is 0 Å². The first-order valence-corrected chi connectivity index (χ1v) is 5.92. The number of hydrogen-bond acceptors (Lipinski definition) is 2. The number of aromatic nitrogens is 2. The minimum absolute atomic E-state index is 0.138. The highest BCUT2D eigenvalue weighted by Gasteiger charge is 2.25. The van der Waals surface area contributed by atoms with E-state index in [1.165, 1.54) is 25.7 Å². The molecular formula is C12H21N3. The van der Waals surface area contributed by atoms with E-state index in [1.807, 2.05) is 24.0 Å². The van der Waals surface area contributed by atoms with Crippen molar-refractivity contribution in [2.24, 2.45) is 24.6 Å². The first-order valence-electron chi connectivity index (χ1n) is 5.92. The second-order valence-electron chi connectivity index (χ2n) is 4.96. The summed E-state index contributed by atoms with van der Waals surface area (Å²) in [5.41, 5.74) is 7.31. The summed E-state index contributed by atoms with van der Waals surface area (Å²) in [7, 11) is 1.94. The summed E-state index contributed by atoms with van der Waals surface area (Å²) >= 11 is 0. The van der Waals surface area contributed by atoms with Crippen molar-refractivity contribution < 1.29 is 0 Å². The molecular weight excluding hydrogens is 186 g/mol. The SMILES string of the molecule is CC1CCC(C(N)c2ccn(C)n2)CC1. The number of aryl methyl sites for hydroxylation is 1. The number of rotatable bonds is 2. The van der Waals surface area contributed by atoms with Crippen LogP contribution in [0.3, 0.4) is 0 Å². The summed E-state index contributed by atoms with van der Waals surface area (Å²) in [4.78, 5) is 0. The maximum Gasteiger partial charge on any atom is 0.0794 e. The van der Waals surface area contributed by atoms with Crippen LogP contribution in [-0.2, 0) is 7.05 Å².